The third kappa shape index (κ3) is 3.45. The molecule has 0 spiro atoms. The molecule has 1 aliphatic heterocycles. The van der Waals surface area contributed by atoms with Gasteiger partial charge in [0.1, 0.15) is 0 Å². The third-order valence-corrected chi connectivity index (χ3v) is 7.69. The standard InChI is InChI=1S/C22H21ClN4OS2/c1-2-26-13-17(23)20(24-26)22(28)27-21(18-9-5-11-30-18)16-8-3-6-14(19(16)25-27)12-15-7-4-10-29-15/h4-5,7,9-13,16,21H,2-3,6,8H2,1H3/b14-12+/t16-,21-/m1/s1. The van der Waals surface area contributed by atoms with Crippen LogP contribution in [0.1, 0.15) is 52.5 Å². The molecule has 30 heavy (non-hydrogen) atoms. The molecule has 0 N–H and O–H groups in total. The van der Waals surface area contributed by atoms with E-state index >= 15 is 0 Å². The van der Waals surface area contributed by atoms with E-state index in [1.54, 1.807) is 38.6 Å². The Morgan fingerprint density at radius 2 is 2.13 bits per heavy atom. The van der Waals surface area contributed by atoms with Crippen LogP contribution >= 0.6 is 34.3 Å². The highest BCUT2D eigenvalue weighted by molar-refractivity contribution is 7.11. The second kappa shape index (κ2) is 8.13. The molecule has 3 aromatic heterocycles. The monoisotopic (exact) mass is 456 g/mol. The summed E-state index contributed by atoms with van der Waals surface area (Å²) >= 11 is 9.75. The van der Waals surface area contributed by atoms with E-state index in [1.165, 1.54) is 10.5 Å². The second-order valence-corrected chi connectivity index (χ2v) is 9.83. The first-order valence-corrected chi connectivity index (χ1v) is 12.2. The van der Waals surface area contributed by atoms with Crippen LogP contribution in [-0.4, -0.2) is 26.4 Å². The van der Waals surface area contributed by atoms with Gasteiger partial charge in [-0.1, -0.05) is 23.7 Å². The van der Waals surface area contributed by atoms with Gasteiger partial charge in [-0.3, -0.25) is 9.48 Å². The van der Waals surface area contributed by atoms with Crippen molar-refractivity contribution in [2.45, 2.75) is 38.8 Å². The maximum atomic E-state index is 13.5. The maximum Gasteiger partial charge on any atom is 0.296 e. The molecule has 0 bridgehead atoms. The highest BCUT2D eigenvalue weighted by Gasteiger charge is 2.45. The summed E-state index contributed by atoms with van der Waals surface area (Å²) in [5.41, 5.74) is 2.54. The van der Waals surface area contributed by atoms with Crippen LogP contribution in [0.5, 0.6) is 0 Å². The number of thiophene rings is 2. The van der Waals surface area contributed by atoms with Gasteiger partial charge < -0.3 is 0 Å². The highest BCUT2D eigenvalue weighted by atomic mass is 35.5. The molecule has 0 unspecified atom stereocenters. The molecule has 5 rings (SSSR count). The van der Waals surface area contributed by atoms with E-state index in [4.69, 9.17) is 16.7 Å². The van der Waals surface area contributed by atoms with Crippen molar-refractivity contribution >= 4 is 52.0 Å². The molecule has 5 nitrogen and oxygen atoms in total. The number of amides is 1. The van der Waals surface area contributed by atoms with Gasteiger partial charge in [0.2, 0.25) is 0 Å². The fourth-order valence-corrected chi connectivity index (χ4v) is 6.05. The Morgan fingerprint density at radius 3 is 2.83 bits per heavy atom. The average Bonchev–Trinajstić information content (AvgIpc) is 3.53. The summed E-state index contributed by atoms with van der Waals surface area (Å²) in [7, 11) is 0. The fourth-order valence-electron chi connectivity index (χ4n) is 4.26. The number of fused-ring (bicyclic) bond motifs is 1. The first-order chi connectivity index (χ1) is 14.7. The van der Waals surface area contributed by atoms with Crippen molar-refractivity contribution in [3.8, 4) is 0 Å². The Morgan fingerprint density at radius 1 is 1.30 bits per heavy atom. The van der Waals surface area contributed by atoms with E-state index in [-0.39, 0.29) is 23.6 Å². The summed E-state index contributed by atoms with van der Waals surface area (Å²) in [5.74, 6) is -0.0393. The molecule has 1 aliphatic carbocycles. The molecule has 1 fully saturated rings. The SMILES string of the molecule is CCn1cc(Cl)c(C(=O)N2N=C3/C(=C/c4cccs4)CCC[C@H]3[C@@H]2c2cccs2)n1. The van der Waals surface area contributed by atoms with E-state index in [2.05, 4.69) is 40.1 Å². The van der Waals surface area contributed by atoms with E-state index in [0.717, 1.165) is 29.9 Å². The number of aromatic nitrogens is 2. The lowest BCUT2D eigenvalue weighted by Gasteiger charge is -2.28. The van der Waals surface area contributed by atoms with Crippen LogP contribution in [0, 0.1) is 5.92 Å². The number of carbonyl (C=O) groups excluding carboxylic acids is 1. The molecular formula is C22H21ClN4OS2. The number of carbonyl (C=O) groups is 1. The van der Waals surface area contributed by atoms with Gasteiger partial charge in [-0.25, -0.2) is 5.01 Å². The first-order valence-electron chi connectivity index (χ1n) is 10.1. The smallest absolute Gasteiger partial charge is 0.271 e. The van der Waals surface area contributed by atoms with Crippen LogP contribution in [0.25, 0.3) is 6.08 Å². The zero-order valence-corrected chi connectivity index (χ0v) is 18.9. The molecule has 154 valence electrons. The molecule has 0 radical (unpaired) electrons. The van der Waals surface area contributed by atoms with Crippen molar-refractivity contribution < 1.29 is 4.79 Å². The highest BCUT2D eigenvalue weighted by Crippen LogP contribution is 2.46. The number of nitrogens with zero attached hydrogens (tertiary/aromatic N) is 4. The lowest BCUT2D eigenvalue weighted by atomic mass is 9.79. The molecule has 2 aliphatic rings. The Kier molecular flexibility index (Phi) is 5.35. The predicted molar refractivity (Wildman–Crippen MR) is 123 cm³/mol. The molecular weight excluding hydrogens is 436 g/mol. The fraction of sp³-hybridized carbons (Fsp3) is 0.318. The van der Waals surface area contributed by atoms with Gasteiger partial charge in [-0.2, -0.15) is 10.2 Å². The van der Waals surface area contributed by atoms with E-state index < -0.39 is 0 Å². The molecule has 1 saturated carbocycles. The van der Waals surface area contributed by atoms with Crippen LogP contribution in [0.2, 0.25) is 5.02 Å². The minimum Gasteiger partial charge on any atom is -0.271 e. The van der Waals surface area contributed by atoms with Gasteiger partial charge in [0.05, 0.1) is 16.8 Å². The van der Waals surface area contributed by atoms with Crippen molar-refractivity contribution in [2.75, 3.05) is 0 Å². The molecule has 8 heteroatoms. The molecule has 3 aromatic rings. The minimum atomic E-state index is -0.233. The van der Waals surface area contributed by atoms with E-state index in [0.29, 0.717) is 11.6 Å². The van der Waals surface area contributed by atoms with Gasteiger partial charge in [-0.15, -0.1) is 22.7 Å². The lowest BCUT2D eigenvalue weighted by Crippen LogP contribution is -2.31. The summed E-state index contributed by atoms with van der Waals surface area (Å²) < 4.78 is 1.69. The summed E-state index contributed by atoms with van der Waals surface area (Å²) in [6.07, 6.45) is 7.03. The Bertz CT molecular complexity index is 1110. The van der Waals surface area contributed by atoms with Gasteiger partial charge in [0.15, 0.2) is 5.69 Å². The van der Waals surface area contributed by atoms with Crippen LogP contribution in [-0.2, 0) is 6.54 Å². The second-order valence-electron chi connectivity index (χ2n) is 7.46. The molecule has 0 aromatic carbocycles. The van der Waals surface area contributed by atoms with Gasteiger partial charge >= 0.3 is 0 Å². The predicted octanol–water partition coefficient (Wildman–Crippen LogP) is 6.12. The maximum absolute atomic E-state index is 13.5. The van der Waals surface area contributed by atoms with Gasteiger partial charge in [0, 0.05) is 28.4 Å². The Hall–Kier alpha value is -2.22. The van der Waals surface area contributed by atoms with Gasteiger partial charge in [-0.05, 0) is 60.7 Å². The topological polar surface area (TPSA) is 50.5 Å². The van der Waals surface area contributed by atoms with Crippen LogP contribution in [0.15, 0.2) is 51.9 Å². The minimum absolute atomic E-state index is 0.109. The molecule has 2 atom stereocenters. The summed E-state index contributed by atoms with van der Waals surface area (Å²) in [5, 5.41) is 15.4. The van der Waals surface area contributed by atoms with E-state index in [1.807, 2.05) is 13.0 Å². The van der Waals surface area contributed by atoms with Crippen LogP contribution in [0.3, 0.4) is 0 Å². The zero-order chi connectivity index (χ0) is 20.7. The number of halogens is 1. The van der Waals surface area contributed by atoms with Gasteiger partial charge in [0.25, 0.3) is 5.91 Å². The normalized spacial score (nSPS) is 22.4. The Balaban J connectivity index is 1.57. The van der Waals surface area contributed by atoms with Crippen molar-refractivity contribution in [1.82, 2.24) is 14.8 Å². The number of aryl methyl sites for hydroxylation is 1. The van der Waals surface area contributed by atoms with Crippen molar-refractivity contribution in [3.63, 3.8) is 0 Å². The third-order valence-electron chi connectivity index (χ3n) is 5.65. The summed E-state index contributed by atoms with van der Waals surface area (Å²) in [6, 6.07) is 8.20. The molecule has 4 heterocycles. The largest absolute Gasteiger partial charge is 0.296 e. The Labute approximate surface area is 188 Å². The van der Waals surface area contributed by atoms with Crippen molar-refractivity contribution in [2.24, 2.45) is 11.0 Å². The molecule has 0 saturated heterocycles. The summed E-state index contributed by atoms with van der Waals surface area (Å²) in [6.45, 7) is 2.63. The number of allylic oxidation sites excluding steroid dienone is 1. The van der Waals surface area contributed by atoms with E-state index in [9.17, 15) is 4.79 Å². The summed E-state index contributed by atoms with van der Waals surface area (Å²) in [4.78, 5) is 15.9. The quantitative estimate of drug-likeness (QED) is 0.475. The number of hydrazone groups is 1. The van der Waals surface area contributed by atoms with Crippen LogP contribution in [0.4, 0.5) is 0 Å². The number of hydrogen-bond donors (Lipinski definition) is 0. The lowest BCUT2D eigenvalue weighted by molar-refractivity contribution is 0.0677. The average molecular weight is 457 g/mol. The van der Waals surface area contributed by atoms with Crippen LogP contribution < -0.4 is 0 Å². The zero-order valence-electron chi connectivity index (χ0n) is 16.5. The van der Waals surface area contributed by atoms with Crippen molar-refractivity contribution in [1.29, 1.82) is 0 Å². The number of hydrogen-bond acceptors (Lipinski definition) is 5. The number of rotatable bonds is 4. The first kappa shape index (κ1) is 19.7. The molecule has 1 amide bonds. The van der Waals surface area contributed by atoms with Crippen molar-refractivity contribution in [3.05, 3.63) is 67.3 Å².